The lowest BCUT2D eigenvalue weighted by atomic mass is 9.71. The zero-order valence-corrected chi connectivity index (χ0v) is 15.3. The van der Waals surface area contributed by atoms with E-state index in [1.165, 1.54) is 52.8 Å². The van der Waals surface area contributed by atoms with Gasteiger partial charge >= 0.3 is 0 Å². The Morgan fingerprint density at radius 1 is 1.28 bits per heavy atom. The van der Waals surface area contributed by atoms with Crippen molar-refractivity contribution in [2.45, 2.75) is 45.1 Å². The van der Waals surface area contributed by atoms with Gasteiger partial charge in [0.25, 0.3) is 0 Å². The van der Waals surface area contributed by atoms with E-state index in [9.17, 15) is 0 Å². The van der Waals surface area contributed by atoms with E-state index in [0.29, 0.717) is 17.9 Å². The van der Waals surface area contributed by atoms with Crippen LogP contribution in [0.3, 0.4) is 0 Å². The van der Waals surface area contributed by atoms with Crippen LogP contribution in [0, 0.1) is 19.8 Å². The summed E-state index contributed by atoms with van der Waals surface area (Å²) < 4.78 is 0. The number of hydrogen-bond acceptors (Lipinski definition) is 2. The fourth-order valence-corrected chi connectivity index (χ4v) is 5.37. The summed E-state index contributed by atoms with van der Waals surface area (Å²) in [5.74, 6) is 1.33. The Morgan fingerprint density at radius 3 is 2.96 bits per heavy atom. The molecule has 3 atom stereocenters. The normalized spacial score (nSPS) is 26.1. The molecule has 3 heterocycles. The van der Waals surface area contributed by atoms with Crippen molar-refractivity contribution in [3.05, 3.63) is 52.5 Å². The van der Waals surface area contributed by atoms with E-state index in [1.54, 1.807) is 5.56 Å². The first-order valence-electron chi connectivity index (χ1n) is 9.41. The Hall–Kier alpha value is -2.07. The van der Waals surface area contributed by atoms with Crippen LogP contribution < -0.4 is 0 Å². The van der Waals surface area contributed by atoms with Crippen LogP contribution in [0.25, 0.3) is 10.9 Å². The first-order valence-corrected chi connectivity index (χ1v) is 9.41. The third-order valence-electron chi connectivity index (χ3n) is 6.59. The molecule has 2 N–H and O–H groups in total. The molecular formula is C21H26N4. The number of fused-ring (bicyclic) bond motifs is 2. The molecule has 1 saturated heterocycles. The van der Waals surface area contributed by atoms with E-state index in [-0.39, 0.29) is 0 Å². The predicted octanol–water partition coefficient (Wildman–Crippen LogP) is 3.71. The minimum Gasteiger partial charge on any atom is -0.361 e. The fourth-order valence-electron chi connectivity index (χ4n) is 5.37. The van der Waals surface area contributed by atoms with Gasteiger partial charge in [-0.2, -0.15) is 5.10 Å². The third kappa shape index (κ3) is 2.27. The van der Waals surface area contributed by atoms with Gasteiger partial charge in [-0.3, -0.25) is 5.10 Å². The summed E-state index contributed by atoms with van der Waals surface area (Å²) in [6.45, 7) is 5.46. The molecule has 3 aromatic rings. The average molecular weight is 334 g/mol. The van der Waals surface area contributed by atoms with Gasteiger partial charge in [-0.1, -0.05) is 12.1 Å². The quantitative estimate of drug-likeness (QED) is 0.750. The van der Waals surface area contributed by atoms with E-state index in [4.69, 9.17) is 0 Å². The van der Waals surface area contributed by atoms with Crippen LogP contribution in [0.1, 0.15) is 40.4 Å². The summed E-state index contributed by atoms with van der Waals surface area (Å²) >= 11 is 0. The number of piperidine rings is 1. The summed E-state index contributed by atoms with van der Waals surface area (Å²) in [7, 11) is 2.32. The number of likely N-dealkylation sites (N-methyl/N-ethyl adjacent to an activating group) is 1. The molecule has 0 bridgehead atoms. The molecule has 4 heteroatoms. The Balaban J connectivity index is 1.50. The van der Waals surface area contributed by atoms with E-state index >= 15 is 0 Å². The van der Waals surface area contributed by atoms with Gasteiger partial charge in [-0.15, -0.1) is 0 Å². The topological polar surface area (TPSA) is 47.7 Å². The number of rotatable bonds is 2. The number of aromatic amines is 2. The second kappa shape index (κ2) is 5.46. The van der Waals surface area contributed by atoms with Crippen LogP contribution in [0.2, 0.25) is 0 Å². The highest BCUT2D eigenvalue weighted by molar-refractivity contribution is 5.88. The maximum absolute atomic E-state index is 4.39. The summed E-state index contributed by atoms with van der Waals surface area (Å²) in [6, 6.07) is 7.43. The molecule has 4 nitrogen and oxygen atoms in total. The number of nitrogens with zero attached hydrogens (tertiary/aromatic N) is 2. The number of likely N-dealkylation sites (tertiary alicyclic amines) is 1. The number of aromatic nitrogens is 3. The maximum Gasteiger partial charge on any atom is 0.0626 e. The zero-order valence-electron chi connectivity index (χ0n) is 15.3. The lowest BCUT2D eigenvalue weighted by Crippen LogP contribution is -2.48. The van der Waals surface area contributed by atoms with Crippen LogP contribution in [-0.4, -0.2) is 39.7 Å². The molecule has 1 aliphatic heterocycles. The van der Waals surface area contributed by atoms with E-state index in [1.807, 2.05) is 0 Å². The first-order chi connectivity index (χ1) is 12.1. The van der Waals surface area contributed by atoms with Gasteiger partial charge in [0.1, 0.15) is 0 Å². The molecule has 2 aliphatic rings. The molecule has 0 unspecified atom stereocenters. The van der Waals surface area contributed by atoms with Crippen molar-refractivity contribution in [2.75, 3.05) is 13.6 Å². The third-order valence-corrected chi connectivity index (χ3v) is 6.59. The maximum atomic E-state index is 4.39. The highest BCUT2D eigenvalue weighted by atomic mass is 15.1. The molecule has 25 heavy (non-hydrogen) atoms. The number of H-pyrrole nitrogens is 2. The van der Waals surface area contributed by atoms with Gasteiger partial charge in [-0.05, 0) is 68.8 Å². The Labute approximate surface area is 148 Å². The standard InChI is InChI=1S/C21H26N4/c1-12-17(13(2)24-23-12)7-14-8-18-16-5-4-6-19-21(16)15(10-22-19)9-20(18)25(3)11-14/h4-6,10,14,18,20,22H,7-9,11H2,1-3H3,(H,23,24)/t14-,18+,20+/m0/s1. The molecule has 1 aromatic carbocycles. The van der Waals surface area contributed by atoms with Gasteiger partial charge in [0.15, 0.2) is 0 Å². The summed E-state index contributed by atoms with van der Waals surface area (Å²) in [5.41, 5.74) is 8.19. The average Bonchev–Trinajstić information content (AvgIpc) is 3.16. The highest BCUT2D eigenvalue weighted by Gasteiger charge is 2.39. The molecule has 0 radical (unpaired) electrons. The molecule has 0 saturated carbocycles. The molecule has 5 rings (SSSR count). The van der Waals surface area contributed by atoms with E-state index < -0.39 is 0 Å². The monoisotopic (exact) mass is 334 g/mol. The first kappa shape index (κ1) is 15.2. The second-order valence-corrected chi connectivity index (χ2v) is 8.12. The Morgan fingerprint density at radius 2 is 2.16 bits per heavy atom. The van der Waals surface area contributed by atoms with Crippen LogP contribution >= 0.6 is 0 Å². The molecule has 2 aromatic heterocycles. The minimum absolute atomic E-state index is 0.636. The molecule has 130 valence electrons. The van der Waals surface area contributed by atoms with Crippen molar-refractivity contribution < 1.29 is 0 Å². The fraction of sp³-hybridized carbons (Fsp3) is 0.476. The predicted molar refractivity (Wildman–Crippen MR) is 101 cm³/mol. The lowest BCUT2D eigenvalue weighted by Gasteiger charge is -2.45. The smallest absolute Gasteiger partial charge is 0.0626 e. The lowest BCUT2D eigenvalue weighted by molar-refractivity contribution is 0.112. The number of nitrogens with one attached hydrogen (secondary N) is 2. The Kier molecular flexibility index (Phi) is 3.32. The number of benzene rings is 1. The molecule has 1 fully saturated rings. The largest absolute Gasteiger partial charge is 0.361 e. The van der Waals surface area contributed by atoms with Gasteiger partial charge in [0.05, 0.1) is 5.69 Å². The van der Waals surface area contributed by atoms with Crippen molar-refractivity contribution >= 4 is 10.9 Å². The van der Waals surface area contributed by atoms with E-state index in [0.717, 1.165) is 6.42 Å². The molecule has 1 aliphatic carbocycles. The Bertz CT molecular complexity index is 915. The molecular weight excluding hydrogens is 308 g/mol. The van der Waals surface area contributed by atoms with Crippen LogP contribution in [0.4, 0.5) is 0 Å². The van der Waals surface area contributed by atoms with Crippen molar-refractivity contribution in [1.29, 1.82) is 0 Å². The molecule has 0 amide bonds. The summed E-state index contributed by atoms with van der Waals surface area (Å²) in [6.07, 6.45) is 5.82. The second-order valence-electron chi connectivity index (χ2n) is 8.12. The minimum atomic E-state index is 0.636. The SMILES string of the molecule is Cc1n[nH]c(C)c1C[C@H]1C[C@@H]2c3cccc4[nH]cc(c34)C[C@H]2N(C)C1. The van der Waals surface area contributed by atoms with Crippen molar-refractivity contribution in [1.82, 2.24) is 20.1 Å². The van der Waals surface area contributed by atoms with Crippen molar-refractivity contribution in [3.8, 4) is 0 Å². The van der Waals surface area contributed by atoms with E-state index in [2.05, 4.69) is 65.4 Å². The van der Waals surface area contributed by atoms with Crippen LogP contribution in [0.15, 0.2) is 24.4 Å². The van der Waals surface area contributed by atoms with Gasteiger partial charge in [0, 0.05) is 41.3 Å². The van der Waals surface area contributed by atoms with Crippen molar-refractivity contribution in [3.63, 3.8) is 0 Å². The van der Waals surface area contributed by atoms with Gasteiger partial charge in [-0.25, -0.2) is 0 Å². The number of aryl methyl sites for hydroxylation is 2. The van der Waals surface area contributed by atoms with Crippen LogP contribution in [-0.2, 0) is 12.8 Å². The van der Waals surface area contributed by atoms with Crippen molar-refractivity contribution in [2.24, 2.45) is 5.92 Å². The van der Waals surface area contributed by atoms with Crippen LogP contribution in [0.5, 0.6) is 0 Å². The summed E-state index contributed by atoms with van der Waals surface area (Å²) in [4.78, 5) is 6.09. The number of hydrogen-bond donors (Lipinski definition) is 2. The zero-order chi connectivity index (χ0) is 17.1. The highest BCUT2D eigenvalue weighted by Crippen LogP contribution is 2.44. The molecule has 0 spiro atoms. The van der Waals surface area contributed by atoms with Gasteiger partial charge in [0.2, 0.25) is 0 Å². The summed E-state index contributed by atoms with van der Waals surface area (Å²) in [5, 5.41) is 9.04. The van der Waals surface area contributed by atoms with Gasteiger partial charge < -0.3 is 9.88 Å².